The minimum atomic E-state index is 0.957. The monoisotopic (exact) mass is 447 g/mol. The number of aryl methyl sites for hydroxylation is 4. The van der Waals surface area contributed by atoms with Crippen molar-refractivity contribution in [1.82, 2.24) is 14.0 Å². The Kier molecular flexibility index (Phi) is 3.67. The summed E-state index contributed by atoms with van der Waals surface area (Å²) in [4.78, 5) is 6.45. The van der Waals surface area contributed by atoms with Gasteiger partial charge in [-0.2, -0.15) is 9.55 Å². The van der Waals surface area contributed by atoms with Crippen molar-refractivity contribution >= 4 is 59.5 Å². The molecule has 0 atom stereocenters. The second-order valence-corrected chi connectivity index (χ2v) is 10.00. The first kappa shape index (κ1) is 18.8. The molecule has 7 aromatic rings. The van der Waals surface area contributed by atoms with E-state index in [2.05, 4.69) is 108 Å². The minimum Gasteiger partial charge on any atom is -0.254 e. The molecule has 0 aliphatic rings. The molecule has 3 aromatic carbocycles. The summed E-state index contributed by atoms with van der Waals surface area (Å²) in [5.74, 6) is 2.08. The Morgan fingerprint density at radius 2 is 1.64 bits per heavy atom. The second-order valence-electron chi connectivity index (χ2n) is 8.97. The first-order valence-corrected chi connectivity index (χ1v) is 12.1. The van der Waals surface area contributed by atoms with E-state index in [1.165, 1.54) is 48.0 Å². The van der Waals surface area contributed by atoms with E-state index < -0.39 is 0 Å². The van der Waals surface area contributed by atoms with Crippen molar-refractivity contribution in [3.63, 3.8) is 0 Å². The highest BCUT2D eigenvalue weighted by Crippen LogP contribution is 2.35. The maximum atomic E-state index is 5.18. The summed E-state index contributed by atoms with van der Waals surface area (Å²) in [7, 11) is 2.18. The van der Waals surface area contributed by atoms with Crippen molar-refractivity contribution in [2.24, 2.45) is 7.05 Å². The van der Waals surface area contributed by atoms with Crippen LogP contribution in [-0.2, 0) is 7.05 Å². The van der Waals surface area contributed by atoms with Crippen molar-refractivity contribution in [2.45, 2.75) is 20.8 Å². The lowest BCUT2D eigenvalue weighted by atomic mass is 10.1. The number of imidazole rings is 2. The molecule has 4 heterocycles. The number of aromatic nitrogens is 4. The molecule has 0 amide bonds. The molecule has 33 heavy (non-hydrogen) atoms. The van der Waals surface area contributed by atoms with Gasteiger partial charge in [0.1, 0.15) is 0 Å². The quantitative estimate of drug-likeness (QED) is 0.262. The zero-order valence-corrected chi connectivity index (χ0v) is 19.9. The molecule has 5 heteroatoms. The Bertz CT molecular complexity index is 1920. The molecule has 0 unspecified atom stereocenters. The number of nitrogens with zero attached hydrogens (tertiary/aromatic N) is 4. The Balaban J connectivity index is 1.69. The van der Waals surface area contributed by atoms with Gasteiger partial charge in [0.05, 0.1) is 23.6 Å². The van der Waals surface area contributed by atoms with E-state index in [9.17, 15) is 0 Å². The lowest BCUT2D eigenvalue weighted by molar-refractivity contribution is -0.636. The highest BCUT2D eigenvalue weighted by molar-refractivity contribution is 7.25. The molecule has 0 spiro atoms. The fourth-order valence-corrected chi connectivity index (χ4v) is 6.40. The number of fused-ring (bicyclic) bond motifs is 8. The van der Waals surface area contributed by atoms with Crippen molar-refractivity contribution < 1.29 is 4.57 Å². The number of benzene rings is 3. The van der Waals surface area contributed by atoms with Gasteiger partial charge < -0.3 is 0 Å². The van der Waals surface area contributed by atoms with Crippen LogP contribution in [0.2, 0.25) is 0 Å². The van der Waals surface area contributed by atoms with E-state index in [1.807, 2.05) is 11.3 Å². The fourth-order valence-electron chi connectivity index (χ4n) is 5.24. The summed E-state index contributed by atoms with van der Waals surface area (Å²) < 4.78 is 8.31. The fraction of sp³-hybridized carbons (Fsp3) is 0.143. The molecule has 4 nitrogen and oxygen atoms in total. The Hall–Kier alpha value is -3.70. The average Bonchev–Trinajstić information content (AvgIpc) is 3.47. The third-order valence-corrected chi connectivity index (χ3v) is 8.37. The van der Waals surface area contributed by atoms with Crippen LogP contribution in [-0.4, -0.2) is 14.0 Å². The van der Waals surface area contributed by atoms with Gasteiger partial charge in [-0.1, -0.05) is 47.7 Å². The normalized spacial score (nSPS) is 12.2. The minimum absolute atomic E-state index is 0.957. The molecule has 0 aliphatic heterocycles. The molecular formula is C28H23N4S+. The largest absolute Gasteiger partial charge is 0.312 e. The summed E-state index contributed by atoms with van der Waals surface area (Å²) in [6.45, 7) is 6.55. The summed E-state index contributed by atoms with van der Waals surface area (Å²) in [5, 5.41) is 2.61. The Labute approximate surface area is 195 Å². The van der Waals surface area contributed by atoms with Crippen molar-refractivity contribution in [1.29, 1.82) is 0 Å². The Morgan fingerprint density at radius 1 is 0.788 bits per heavy atom. The van der Waals surface area contributed by atoms with Gasteiger partial charge >= 0.3 is 5.78 Å². The summed E-state index contributed by atoms with van der Waals surface area (Å²) in [6.07, 6.45) is 0. The van der Waals surface area contributed by atoms with Gasteiger partial charge in [0.2, 0.25) is 0 Å². The Morgan fingerprint density at radius 3 is 2.52 bits per heavy atom. The SMILES string of the molecule is Cc1ccc2c(c1C)n(-c1ccc3c4ccccc4sc3[n+]1C)c1nc3c(C)cccc3n21. The molecular weight excluding hydrogens is 424 g/mol. The highest BCUT2D eigenvalue weighted by Gasteiger charge is 2.28. The van der Waals surface area contributed by atoms with Crippen LogP contribution in [0.15, 0.2) is 66.7 Å². The van der Waals surface area contributed by atoms with Crippen molar-refractivity contribution in [3.8, 4) is 5.82 Å². The average molecular weight is 448 g/mol. The lowest BCUT2D eigenvalue weighted by Crippen LogP contribution is -2.34. The van der Waals surface area contributed by atoms with E-state index in [0.717, 1.165) is 22.6 Å². The molecule has 0 aliphatic carbocycles. The van der Waals surface area contributed by atoms with E-state index in [-0.39, 0.29) is 0 Å². The summed E-state index contributed by atoms with van der Waals surface area (Å²) in [5.41, 5.74) is 8.40. The van der Waals surface area contributed by atoms with E-state index >= 15 is 0 Å². The first-order valence-electron chi connectivity index (χ1n) is 11.2. The number of thiophene rings is 1. The molecule has 0 N–H and O–H groups in total. The smallest absolute Gasteiger partial charge is 0.254 e. The number of rotatable bonds is 1. The van der Waals surface area contributed by atoms with E-state index in [4.69, 9.17) is 4.98 Å². The summed E-state index contributed by atoms with van der Waals surface area (Å²) >= 11 is 1.85. The van der Waals surface area contributed by atoms with Crippen LogP contribution >= 0.6 is 11.3 Å². The van der Waals surface area contributed by atoms with Crippen LogP contribution in [0.5, 0.6) is 0 Å². The van der Waals surface area contributed by atoms with E-state index in [1.54, 1.807) is 0 Å². The van der Waals surface area contributed by atoms with Gasteiger partial charge in [-0.3, -0.25) is 4.40 Å². The molecule has 4 aromatic heterocycles. The highest BCUT2D eigenvalue weighted by atomic mass is 32.1. The number of pyridine rings is 1. The second kappa shape index (κ2) is 6.42. The standard InChI is InChI=1S/C28H23N4S/c1-16-12-14-22-26(18(16)3)32(28-29-25-17(2)8-7-10-21(25)31(22)28)24-15-13-20-19-9-5-6-11-23(19)33-27(20)30(24)4/h5-15H,1-4H3/q+1. The van der Waals surface area contributed by atoms with Crippen LogP contribution in [0, 0.1) is 20.8 Å². The molecule has 0 saturated heterocycles. The maximum Gasteiger partial charge on any atom is 0.312 e. The first-order chi connectivity index (χ1) is 16.0. The maximum absolute atomic E-state index is 5.18. The van der Waals surface area contributed by atoms with Crippen LogP contribution < -0.4 is 4.57 Å². The van der Waals surface area contributed by atoms with Gasteiger partial charge in [-0.15, -0.1) is 0 Å². The van der Waals surface area contributed by atoms with E-state index in [0.29, 0.717) is 0 Å². The number of hydrogen-bond acceptors (Lipinski definition) is 2. The molecule has 160 valence electrons. The third-order valence-electron chi connectivity index (χ3n) is 7.10. The van der Waals surface area contributed by atoms with Gasteiger partial charge in [-0.25, -0.2) is 4.57 Å². The van der Waals surface area contributed by atoms with Gasteiger partial charge in [-0.05, 0) is 56.2 Å². The van der Waals surface area contributed by atoms with Gasteiger partial charge in [0, 0.05) is 27.1 Å². The van der Waals surface area contributed by atoms with Gasteiger partial charge in [0.15, 0.2) is 10.3 Å². The zero-order chi connectivity index (χ0) is 22.4. The van der Waals surface area contributed by atoms with Crippen LogP contribution in [0.4, 0.5) is 0 Å². The van der Waals surface area contributed by atoms with Crippen LogP contribution in [0.1, 0.15) is 16.7 Å². The zero-order valence-electron chi connectivity index (χ0n) is 19.0. The molecule has 0 radical (unpaired) electrons. The predicted octanol–water partition coefficient (Wildman–Crippen LogP) is 6.55. The third kappa shape index (κ3) is 2.35. The van der Waals surface area contributed by atoms with Gasteiger partial charge in [0.25, 0.3) is 5.82 Å². The number of para-hydroxylation sites is 1. The molecule has 7 rings (SSSR count). The molecule has 0 bridgehead atoms. The van der Waals surface area contributed by atoms with Crippen LogP contribution in [0.25, 0.3) is 54.0 Å². The lowest BCUT2D eigenvalue weighted by Gasteiger charge is -2.06. The van der Waals surface area contributed by atoms with Crippen molar-refractivity contribution in [2.75, 3.05) is 0 Å². The summed E-state index contributed by atoms with van der Waals surface area (Å²) in [6, 6.07) is 24.1. The topological polar surface area (TPSA) is 26.1 Å². The van der Waals surface area contributed by atoms with Crippen LogP contribution in [0.3, 0.4) is 0 Å². The molecule has 0 saturated carbocycles. The molecule has 0 fully saturated rings. The predicted molar refractivity (Wildman–Crippen MR) is 138 cm³/mol. The number of hydrogen-bond donors (Lipinski definition) is 0. The van der Waals surface area contributed by atoms with Crippen molar-refractivity contribution in [3.05, 3.63) is 83.4 Å².